The number of aromatic nitrogens is 1. The first-order valence-electron chi connectivity index (χ1n) is 4.97. The number of hydrogen-bond donors (Lipinski definition) is 1. The van der Waals surface area contributed by atoms with Crippen LogP contribution in [0, 0.1) is 0 Å². The van der Waals surface area contributed by atoms with Gasteiger partial charge < -0.3 is 5.32 Å². The highest BCUT2D eigenvalue weighted by Crippen LogP contribution is 2.09. The Morgan fingerprint density at radius 1 is 1.64 bits per heavy atom. The summed E-state index contributed by atoms with van der Waals surface area (Å²) in [6.07, 6.45) is 6.93. The summed E-state index contributed by atoms with van der Waals surface area (Å²) < 4.78 is 0. The predicted octanol–water partition coefficient (Wildman–Crippen LogP) is 2.48. The van der Waals surface area contributed by atoms with Crippen LogP contribution in [0.2, 0.25) is 0 Å². The fourth-order valence-corrected chi connectivity index (χ4v) is 1.39. The molecule has 1 atom stereocenters. The molecule has 0 aromatic carbocycles. The third kappa shape index (κ3) is 3.71. The van der Waals surface area contributed by atoms with Crippen molar-refractivity contribution in [1.82, 2.24) is 10.3 Å². The van der Waals surface area contributed by atoms with E-state index in [1.165, 1.54) is 11.1 Å². The second-order valence-corrected chi connectivity index (χ2v) is 3.67. The van der Waals surface area contributed by atoms with Gasteiger partial charge in [0.2, 0.25) is 0 Å². The smallest absolute Gasteiger partial charge is 0.0340 e. The molecule has 2 heteroatoms. The van der Waals surface area contributed by atoms with Crippen LogP contribution < -0.4 is 5.32 Å². The SMILES string of the molecule is CNC(C)C/C(C)=C/c1cccnc1. The summed E-state index contributed by atoms with van der Waals surface area (Å²) in [5.74, 6) is 0. The van der Waals surface area contributed by atoms with Crippen LogP contribution in [0.1, 0.15) is 25.8 Å². The summed E-state index contributed by atoms with van der Waals surface area (Å²) in [7, 11) is 1.99. The lowest BCUT2D eigenvalue weighted by Gasteiger charge is -2.09. The maximum absolute atomic E-state index is 4.08. The Kier molecular flexibility index (Phi) is 4.33. The molecule has 0 aliphatic rings. The van der Waals surface area contributed by atoms with Gasteiger partial charge in [-0.15, -0.1) is 0 Å². The summed E-state index contributed by atoms with van der Waals surface area (Å²) in [6.45, 7) is 4.33. The van der Waals surface area contributed by atoms with Gasteiger partial charge in [-0.3, -0.25) is 4.98 Å². The van der Waals surface area contributed by atoms with E-state index in [-0.39, 0.29) is 0 Å². The fourth-order valence-electron chi connectivity index (χ4n) is 1.39. The van der Waals surface area contributed by atoms with Gasteiger partial charge >= 0.3 is 0 Å². The zero-order valence-corrected chi connectivity index (χ0v) is 9.12. The Balaban J connectivity index is 2.60. The zero-order chi connectivity index (χ0) is 10.4. The summed E-state index contributed by atoms with van der Waals surface area (Å²) in [6, 6.07) is 4.56. The number of hydrogen-bond acceptors (Lipinski definition) is 2. The molecule has 1 heterocycles. The van der Waals surface area contributed by atoms with Gasteiger partial charge in [0, 0.05) is 18.4 Å². The molecule has 0 amide bonds. The molecule has 0 fully saturated rings. The Morgan fingerprint density at radius 3 is 3.00 bits per heavy atom. The van der Waals surface area contributed by atoms with Crippen LogP contribution in [0.5, 0.6) is 0 Å². The molecule has 0 saturated carbocycles. The lowest BCUT2D eigenvalue weighted by atomic mass is 10.1. The molecule has 14 heavy (non-hydrogen) atoms. The first-order valence-corrected chi connectivity index (χ1v) is 4.97. The van der Waals surface area contributed by atoms with E-state index >= 15 is 0 Å². The van der Waals surface area contributed by atoms with Crippen LogP contribution in [0.3, 0.4) is 0 Å². The second kappa shape index (κ2) is 5.55. The van der Waals surface area contributed by atoms with Gasteiger partial charge in [-0.25, -0.2) is 0 Å². The van der Waals surface area contributed by atoms with Crippen molar-refractivity contribution >= 4 is 6.08 Å². The third-order valence-electron chi connectivity index (χ3n) is 2.22. The van der Waals surface area contributed by atoms with Gasteiger partial charge in [-0.1, -0.05) is 17.7 Å². The molecule has 0 spiro atoms. The highest BCUT2D eigenvalue weighted by Gasteiger charge is 1.98. The highest BCUT2D eigenvalue weighted by molar-refractivity contribution is 5.50. The number of nitrogens with one attached hydrogen (secondary N) is 1. The fraction of sp³-hybridized carbons (Fsp3) is 0.417. The molecule has 0 radical (unpaired) electrons. The molecule has 1 aromatic heterocycles. The minimum Gasteiger partial charge on any atom is -0.317 e. The highest BCUT2D eigenvalue weighted by atomic mass is 14.8. The minimum atomic E-state index is 0.530. The summed E-state index contributed by atoms with van der Waals surface area (Å²) in [5, 5.41) is 3.23. The third-order valence-corrected chi connectivity index (χ3v) is 2.22. The Morgan fingerprint density at radius 2 is 2.43 bits per heavy atom. The van der Waals surface area contributed by atoms with Crippen LogP contribution in [0.25, 0.3) is 6.08 Å². The second-order valence-electron chi connectivity index (χ2n) is 3.67. The van der Waals surface area contributed by atoms with Crippen molar-refractivity contribution in [2.45, 2.75) is 26.3 Å². The first-order chi connectivity index (χ1) is 6.72. The van der Waals surface area contributed by atoms with Gasteiger partial charge in [0.25, 0.3) is 0 Å². The van der Waals surface area contributed by atoms with Crippen molar-refractivity contribution in [3.05, 3.63) is 35.7 Å². The van der Waals surface area contributed by atoms with Gasteiger partial charge in [0.1, 0.15) is 0 Å². The minimum absolute atomic E-state index is 0.530. The molecule has 0 saturated heterocycles. The van der Waals surface area contributed by atoms with Gasteiger partial charge in [-0.05, 0) is 38.9 Å². The van der Waals surface area contributed by atoms with E-state index in [1.807, 2.05) is 19.3 Å². The molecule has 1 rings (SSSR count). The normalized spacial score (nSPS) is 14.1. The molecular formula is C12H18N2. The quantitative estimate of drug-likeness (QED) is 0.789. The number of rotatable bonds is 4. The van der Waals surface area contributed by atoms with Crippen LogP contribution in [-0.2, 0) is 0 Å². The monoisotopic (exact) mass is 190 g/mol. The van der Waals surface area contributed by atoms with Crippen LogP contribution in [0.15, 0.2) is 30.1 Å². The number of nitrogens with zero attached hydrogens (tertiary/aromatic N) is 1. The van der Waals surface area contributed by atoms with Crippen molar-refractivity contribution in [3.63, 3.8) is 0 Å². The van der Waals surface area contributed by atoms with Gasteiger partial charge in [-0.2, -0.15) is 0 Å². The Bertz CT molecular complexity index is 290. The summed E-state index contributed by atoms with van der Waals surface area (Å²) in [5.41, 5.74) is 2.55. The standard InChI is InChI=1S/C12H18N2/c1-10(7-11(2)13-3)8-12-5-4-6-14-9-12/h4-6,8-9,11,13H,7H2,1-3H3/b10-8+. The first kappa shape index (κ1) is 10.9. The van der Waals surface area contributed by atoms with Crippen molar-refractivity contribution < 1.29 is 0 Å². The predicted molar refractivity (Wildman–Crippen MR) is 61.0 cm³/mol. The average Bonchev–Trinajstić information content (AvgIpc) is 2.19. The molecule has 1 aromatic rings. The maximum Gasteiger partial charge on any atom is 0.0340 e. The van der Waals surface area contributed by atoms with Gasteiger partial charge in [0.15, 0.2) is 0 Å². The van der Waals surface area contributed by atoms with E-state index in [0.717, 1.165) is 6.42 Å². The lowest BCUT2D eigenvalue weighted by Crippen LogP contribution is -2.20. The van der Waals surface area contributed by atoms with Gasteiger partial charge in [0.05, 0.1) is 0 Å². The van der Waals surface area contributed by atoms with Crippen molar-refractivity contribution in [2.75, 3.05) is 7.05 Å². The largest absolute Gasteiger partial charge is 0.317 e. The van der Waals surface area contributed by atoms with Crippen molar-refractivity contribution in [2.24, 2.45) is 0 Å². The zero-order valence-electron chi connectivity index (χ0n) is 9.12. The molecule has 76 valence electrons. The molecule has 1 unspecified atom stereocenters. The van der Waals surface area contributed by atoms with Crippen LogP contribution >= 0.6 is 0 Å². The molecular weight excluding hydrogens is 172 g/mol. The topological polar surface area (TPSA) is 24.9 Å². The van der Waals surface area contributed by atoms with Crippen LogP contribution in [0.4, 0.5) is 0 Å². The average molecular weight is 190 g/mol. The summed E-state index contributed by atoms with van der Waals surface area (Å²) in [4.78, 5) is 4.08. The van der Waals surface area contributed by atoms with E-state index in [2.05, 4.69) is 36.3 Å². The Labute approximate surface area is 86.1 Å². The molecule has 2 nitrogen and oxygen atoms in total. The van der Waals surface area contributed by atoms with E-state index in [4.69, 9.17) is 0 Å². The maximum atomic E-state index is 4.08. The number of pyridine rings is 1. The molecule has 1 N–H and O–H groups in total. The van der Waals surface area contributed by atoms with E-state index < -0.39 is 0 Å². The van der Waals surface area contributed by atoms with E-state index in [9.17, 15) is 0 Å². The molecule has 0 bridgehead atoms. The Hall–Kier alpha value is -1.15. The lowest BCUT2D eigenvalue weighted by molar-refractivity contribution is 0.607. The van der Waals surface area contributed by atoms with E-state index in [1.54, 1.807) is 6.20 Å². The van der Waals surface area contributed by atoms with Crippen molar-refractivity contribution in [1.29, 1.82) is 0 Å². The van der Waals surface area contributed by atoms with Crippen molar-refractivity contribution in [3.8, 4) is 0 Å². The summed E-state index contributed by atoms with van der Waals surface area (Å²) >= 11 is 0. The molecule has 0 aliphatic carbocycles. The van der Waals surface area contributed by atoms with E-state index in [0.29, 0.717) is 6.04 Å². The van der Waals surface area contributed by atoms with Crippen LogP contribution in [-0.4, -0.2) is 18.1 Å². The molecule has 0 aliphatic heterocycles.